The molecule has 1 aliphatic heterocycles. The minimum atomic E-state index is 0.107. The van der Waals surface area contributed by atoms with Gasteiger partial charge < -0.3 is 9.72 Å². The van der Waals surface area contributed by atoms with Gasteiger partial charge in [0.25, 0.3) is 0 Å². The lowest BCUT2D eigenvalue weighted by atomic mass is 10.1. The zero-order valence-electron chi connectivity index (χ0n) is 13.6. The number of nitrogens with one attached hydrogen (secondary N) is 1. The summed E-state index contributed by atoms with van der Waals surface area (Å²) in [6, 6.07) is 6.36. The van der Waals surface area contributed by atoms with Crippen LogP contribution in [0, 0.1) is 13.8 Å². The molecule has 0 saturated carbocycles. The van der Waals surface area contributed by atoms with Gasteiger partial charge in [0.15, 0.2) is 5.43 Å². The van der Waals surface area contributed by atoms with Gasteiger partial charge in [-0.05, 0) is 50.9 Å². The van der Waals surface area contributed by atoms with Crippen LogP contribution >= 0.6 is 0 Å². The highest BCUT2D eigenvalue weighted by Crippen LogP contribution is 2.18. The van der Waals surface area contributed by atoms with Gasteiger partial charge in [0.2, 0.25) is 0 Å². The summed E-state index contributed by atoms with van der Waals surface area (Å²) in [6.45, 7) is 6.52. The fraction of sp³-hybridized carbons (Fsp3) is 0.500. The Kier molecular flexibility index (Phi) is 4.32. The number of rotatable bonds is 3. The zero-order valence-corrected chi connectivity index (χ0v) is 13.6. The summed E-state index contributed by atoms with van der Waals surface area (Å²) in [7, 11) is 2.13. The summed E-state index contributed by atoms with van der Waals surface area (Å²) < 4.78 is 5.42. The van der Waals surface area contributed by atoms with Crippen LogP contribution in [0.2, 0.25) is 0 Å². The topological polar surface area (TPSA) is 45.3 Å². The average Bonchev–Trinajstić information content (AvgIpc) is 2.49. The van der Waals surface area contributed by atoms with Crippen molar-refractivity contribution in [3.63, 3.8) is 0 Å². The van der Waals surface area contributed by atoms with Gasteiger partial charge in [-0.3, -0.25) is 9.69 Å². The molecule has 0 aliphatic carbocycles. The van der Waals surface area contributed by atoms with Gasteiger partial charge in [-0.1, -0.05) is 6.07 Å². The molecule has 1 aromatic heterocycles. The summed E-state index contributed by atoms with van der Waals surface area (Å²) in [5, 5.41) is 0.787. The predicted molar refractivity (Wildman–Crippen MR) is 89.4 cm³/mol. The molecular formula is C18H24N2O2. The van der Waals surface area contributed by atoms with Crippen molar-refractivity contribution in [1.29, 1.82) is 0 Å². The number of nitrogens with zero attached hydrogens (tertiary/aromatic N) is 1. The maximum absolute atomic E-state index is 12.4. The van der Waals surface area contributed by atoms with Gasteiger partial charge in [-0.15, -0.1) is 0 Å². The van der Waals surface area contributed by atoms with Crippen LogP contribution < -0.4 is 5.43 Å². The van der Waals surface area contributed by atoms with Gasteiger partial charge >= 0.3 is 0 Å². The molecule has 118 valence electrons. The Morgan fingerprint density at radius 3 is 2.68 bits per heavy atom. The molecule has 1 N–H and O–H groups in total. The fourth-order valence-corrected chi connectivity index (χ4v) is 3.37. The number of benzene rings is 1. The molecule has 2 aromatic rings. The molecule has 2 heterocycles. The van der Waals surface area contributed by atoms with Crippen molar-refractivity contribution >= 4 is 10.9 Å². The van der Waals surface area contributed by atoms with E-state index < -0.39 is 0 Å². The third-order valence-electron chi connectivity index (χ3n) is 4.57. The number of aromatic amines is 1. The number of pyridine rings is 1. The predicted octanol–water partition coefficient (Wildman–Crippen LogP) is 2.76. The van der Waals surface area contributed by atoms with Crippen LogP contribution in [0.3, 0.4) is 0 Å². The number of hydrogen-bond donors (Lipinski definition) is 1. The number of aryl methyl sites for hydroxylation is 2. The lowest BCUT2D eigenvalue weighted by Gasteiger charge is -2.31. The molecule has 22 heavy (non-hydrogen) atoms. The molecular weight excluding hydrogens is 276 g/mol. The highest BCUT2D eigenvalue weighted by atomic mass is 16.5. The third-order valence-corrected chi connectivity index (χ3v) is 4.57. The molecule has 1 aromatic carbocycles. The minimum absolute atomic E-state index is 0.107. The maximum Gasteiger partial charge on any atom is 0.189 e. The summed E-state index contributed by atoms with van der Waals surface area (Å²) in [6.07, 6.45) is 2.12. The highest BCUT2D eigenvalue weighted by Gasteiger charge is 2.19. The maximum atomic E-state index is 12.4. The average molecular weight is 300 g/mol. The van der Waals surface area contributed by atoms with Crippen molar-refractivity contribution in [2.24, 2.45) is 0 Å². The van der Waals surface area contributed by atoms with Crippen LogP contribution in [0.5, 0.6) is 0 Å². The van der Waals surface area contributed by atoms with Gasteiger partial charge in [0, 0.05) is 42.9 Å². The first-order valence-electron chi connectivity index (χ1n) is 7.96. The lowest BCUT2D eigenvalue weighted by Crippen LogP contribution is -2.36. The molecule has 4 nitrogen and oxygen atoms in total. The molecule has 3 rings (SSSR count). The smallest absolute Gasteiger partial charge is 0.189 e. The van der Waals surface area contributed by atoms with Crippen molar-refractivity contribution in [2.75, 3.05) is 20.3 Å². The van der Waals surface area contributed by atoms with E-state index in [9.17, 15) is 4.79 Å². The molecule has 0 atom stereocenters. The van der Waals surface area contributed by atoms with E-state index in [2.05, 4.69) is 29.9 Å². The van der Waals surface area contributed by atoms with E-state index in [4.69, 9.17) is 4.74 Å². The Bertz CT molecular complexity index is 730. The molecule has 0 unspecified atom stereocenters. The highest BCUT2D eigenvalue weighted by molar-refractivity contribution is 5.82. The number of H-pyrrole nitrogens is 1. The SMILES string of the molecule is Cc1cc(C)c2[nH]c(CN(C)C3CCOCC3)cc(=O)c2c1. The molecule has 1 aliphatic rings. The largest absolute Gasteiger partial charge is 0.381 e. The molecule has 1 saturated heterocycles. The normalized spacial score (nSPS) is 16.5. The van der Waals surface area contributed by atoms with Gasteiger partial charge in [-0.2, -0.15) is 0 Å². The first-order valence-corrected chi connectivity index (χ1v) is 7.96. The van der Waals surface area contributed by atoms with Gasteiger partial charge in [-0.25, -0.2) is 0 Å². The monoisotopic (exact) mass is 300 g/mol. The molecule has 4 heteroatoms. The number of fused-ring (bicyclic) bond motifs is 1. The third kappa shape index (κ3) is 3.08. The summed E-state index contributed by atoms with van der Waals surface area (Å²) in [5.74, 6) is 0. The first-order chi connectivity index (χ1) is 10.5. The molecule has 0 bridgehead atoms. The van der Waals surface area contributed by atoms with Crippen molar-refractivity contribution in [1.82, 2.24) is 9.88 Å². The van der Waals surface area contributed by atoms with E-state index in [0.717, 1.165) is 60.3 Å². The van der Waals surface area contributed by atoms with Crippen LogP contribution in [0.1, 0.15) is 29.7 Å². The van der Waals surface area contributed by atoms with Gasteiger partial charge in [0.05, 0.1) is 5.52 Å². The number of hydrogen-bond acceptors (Lipinski definition) is 3. The van der Waals surface area contributed by atoms with E-state index in [0.29, 0.717) is 6.04 Å². The quantitative estimate of drug-likeness (QED) is 0.948. The van der Waals surface area contributed by atoms with E-state index in [1.54, 1.807) is 6.07 Å². The second-order valence-electron chi connectivity index (χ2n) is 6.42. The first kappa shape index (κ1) is 15.3. The molecule has 0 amide bonds. The Morgan fingerprint density at radius 1 is 1.23 bits per heavy atom. The zero-order chi connectivity index (χ0) is 15.7. The number of ether oxygens (including phenoxy) is 1. The Labute approximate surface area is 131 Å². The molecule has 1 fully saturated rings. The van der Waals surface area contributed by atoms with Crippen molar-refractivity contribution in [3.05, 3.63) is 45.2 Å². The Balaban J connectivity index is 1.89. The number of aromatic nitrogens is 1. The Hall–Kier alpha value is -1.65. The van der Waals surface area contributed by atoms with Crippen molar-refractivity contribution < 1.29 is 4.74 Å². The second kappa shape index (κ2) is 6.23. The van der Waals surface area contributed by atoms with Gasteiger partial charge in [0.1, 0.15) is 0 Å². The summed E-state index contributed by atoms with van der Waals surface area (Å²) in [5.41, 5.74) is 4.31. The van der Waals surface area contributed by atoms with Crippen LogP contribution in [0.4, 0.5) is 0 Å². The van der Waals surface area contributed by atoms with E-state index >= 15 is 0 Å². The van der Waals surface area contributed by atoms with E-state index in [1.165, 1.54) is 0 Å². The molecule has 0 spiro atoms. The Morgan fingerprint density at radius 2 is 1.95 bits per heavy atom. The fourth-order valence-electron chi connectivity index (χ4n) is 3.37. The van der Waals surface area contributed by atoms with Crippen LogP contribution in [0.15, 0.2) is 23.0 Å². The van der Waals surface area contributed by atoms with Crippen LogP contribution in [0.25, 0.3) is 10.9 Å². The second-order valence-corrected chi connectivity index (χ2v) is 6.42. The molecule has 0 radical (unpaired) electrons. The van der Waals surface area contributed by atoms with E-state index in [1.807, 2.05) is 13.0 Å². The van der Waals surface area contributed by atoms with Crippen molar-refractivity contribution in [2.45, 2.75) is 39.3 Å². The lowest BCUT2D eigenvalue weighted by molar-refractivity contribution is 0.0403. The standard InChI is InChI=1S/C18H24N2O2/c1-12-8-13(2)18-16(9-12)17(21)10-14(19-18)11-20(3)15-4-6-22-7-5-15/h8-10,15H,4-7,11H2,1-3H3,(H,19,21). The summed E-state index contributed by atoms with van der Waals surface area (Å²) >= 11 is 0. The summed E-state index contributed by atoms with van der Waals surface area (Å²) in [4.78, 5) is 18.2. The van der Waals surface area contributed by atoms with E-state index in [-0.39, 0.29) is 5.43 Å². The van der Waals surface area contributed by atoms with Crippen molar-refractivity contribution in [3.8, 4) is 0 Å². The van der Waals surface area contributed by atoms with Crippen LogP contribution in [-0.4, -0.2) is 36.2 Å². The minimum Gasteiger partial charge on any atom is -0.381 e. The van der Waals surface area contributed by atoms with Crippen LogP contribution in [-0.2, 0) is 11.3 Å².